The summed E-state index contributed by atoms with van der Waals surface area (Å²) in [4.78, 5) is 0. The van der Waals surface area contributed by atoms with Crippen molar-refractivity contribution >= 4 is 7.32 Å². The van der Waals surface area contributed by atoms with Crippen molar-refractivity contribution in [2.75, 3.05) is 0 Å². The average molecular weight is 238 g/mol. The van der Waals surface area contributed by atoms with Gasteiger partial charge in [-0.1, -0.05) is 0 Å². The second kappa shape index (κ2) is 6.63. The minimum atomic E-state index is -1.52. The summed E-state index contributed by atoms with van der Waals surface area (Å²) < 4.78 is 17.5. The molecule has 0 saturated carbocycles. The van der Waals surface area contributed by atoms with Crippen molar-refractivity contribution < 1.29 is 32.8 Å². The van der Waals surface area contributed by atoms with Gasteiger partial charge in [0.25, 0.3) is 0 Å². The Labute approximate surface area is 119 Å². The first kappa shape index (κ1) is 19.9. The van der Waals surface area contributed by atoms with Crippen LogP contribution in [0, 0.1) is 0 Å². The molecule has 0 fully saturated rings. The smallest absolute Gasteiger partial charge is 0.543 e. The summed E-state index contributed by atoms with van der Waals surface area (Å²) in [7, 11) is -1.52. The second-order valence-electron chi connectivity index (χ2n) is 7.12. The third-order valence-corrected chi connectivity index (χ3v) is 1.65. The molecule has 0 unspecified atom stereocenters. The first-order chi connectivity index (χ1) is 6.79. The molecule has 0 heterocycles. The Kier molecular flexibility index (Phi) is 7.76. The van der Waals surface area contributed by atoms with Crippen molar-refractivity contribution in [2.24, 2.45) is 0 Å². The summed E-state index contributed by atoms with van der Waals surface area (Å²) in [6.07, 6.45) is 0. The standard InChI is InChI=1S/C12H28BO3.Li/c1-10(2,3)14-13(15-11(4,5)6)16-12(7,8)9;/h13H,1-9H3;/q-1;+1. The van der Waals surface area contributed by atoms with Crippen LogP contribution in [0.5, 0.6) is 0 Å². The zero-order chi connectivity index (χ0) is 13.2. The second-order valence-corrected chi connectivity index (χ2v) is 7.12. The third-order valence-electron chi connectivity index (χ3n) is 1.65. The minimum Gasteiger partial charge on any atom is -0.543 e. The van der Waals surface area contributed by atoms with Crippen molar-refractivity contribution in [1.29, 1.82) is 0 Å². The molecule has 0 radical (unpaired) electrons. The zero-order valence-electron chi connectivity index (χ0n) is 13.4. The van der Waals surface area contributed by atoms with Crippen LogP contribution in [0.4, 0.5) is 0 Å². The molecule has 0 amide bonds. The van der Waals surface area contributed by atoms with Gasteiger partial charge in [0.15, 0.2) is 0 Å². The van der Waals surface area contributed by atoms with Gasteiger partial charge >= 0.3 is 26.2 Å². The van der Waals surface area contributed by atoms with Gasteiger partial charge in [0, 0.05) is 16.8 Å². The Morgan fingerprint density at radius 1 is 0.529 bits per heavy atom. The molecule has 3 nitrogen and oxygen atoms in total. The van der Waals surface area contributed by atoms with Crippen molar-refractivity contribution in [3.8, 4) is 0 Å². The van der Waals surface area contributed by atoms with Gasteiger partial charge in [-0.15, -0.1) is 0 Å². The van der Waals surface area contributed by atoms with Crippen LogP contribution >= 0.6 is 0 Å². The molecular weight excluding hydrogens is 210 g/mol. The molecule has 0 aliphatic heterocycles. The van der Waals surface area contributed by atoms with E-state index in [9.17, 15) is 0 Å². The van der Waals surface area contributed by atoms with Crippen molar-refractivity contribution in [3.05, 3.63) is 0 Å². The molecule has 5 heteroatoms. The van der Waals surface area contributed by atoms with Crippen LogP contribution in [-0.2, 0) is 14.0 Å². The molecule has 0 bridgehead atoms. The Hall–Kier alpha value is 0.542. The topological polar surface area (TPSA) is 27.7 Å². The summed E-state index contributed by atoms with van der Waals surface area (Å²) in [6, 6.07) is 0. The van der Waals surface area contributed by atoms with E-state index in [-0.39, 0.29) is 35.7 Å². The molecular formula is C12H28BLiO3. The van der Waals surface area contributed by atoms with Crippen LogP contribution in [0.3, 0.4) is 0 Å². The average Bonchev–Trinajstić information content (AvgIpc) is 1.70. The third kappa shape index (κ3) is 14.5. The Morgan fingerprint density at radius 2 is 0.706 bits per heavy atom. The first-order valence-electron chi connectivity index (χ1n) is 5.98. The van der Waals surface area contributed by atoms with Crippen LogP contribution in [-0.4, -0.2) is 24.1 Å². The summed E-state index contributed by atoms with van der Waals surface area (Å²) >= 11 is 0. The van der Waals surface area contributed by atoms with Gasteiger partial charge in [-0.25, -0.2) is 0 Å². The van der Waals surface area contributed by atoms with Gasteiger partial charge < -0.3 is 14.0 Å². The fourth-order valence-corrected chi connectivity index (χ4v) is 1.15. The molecule has 0 rings (SSSR count). The quantitative estimate of drug-likeness (QED) is 0.655. The number of hydrogen-bond acceptors (Lipinski definition) is 3. The van der Waals surface area contributed by atoms with Gasteiger partial charge in [0.05, 0.1) is 0 Å². The fraction of sp³-hybridized carbons (Fsp3) is 1.00. The molecule has 0 aliphatic rings. The van der Waals surface area contributed by atoms with Crippen molar-refractivity contribution in [2.45, 2.75) is 79.1 Å². The van der Waals surface area contributed by atoms with Crippen molar-refractivity contribution in [3.63, 3.8) is 0 Å². The minimum absolute atomic E-state index is 0. The maximum absolute atomic E-state index is 5.83. The molecule has 98 valence electrons. The van der Waals surface area contributed by atoms with Gasteiger partial charge in [-0.2, -0.15) is 0 Å². The van der Waals surface area contributed by atoms with Gasteiger partial charge in [-0.05, 0) is 62.3 Å². The van der Waals surface area contributed by atoms with E-state index in [2.05, 4.69) is 0 Å². The molecule has 0 aromatic carbocycles. The van der Waals surface area contributed by atoms with Crippen LogP contribution in [0.2, 0.25) is 0 Å². The summed E-state index contributed by atoms with van der Waals surface area (Å²) in [5.74, 6) is 0. The normalized spacial score (nSPS) is 13.8. The molecule has 0 saturated heterocycles. The Bertz CT molecular complexity index is 175. The van der Waals surface area contributed by atoms with E-state index >= 15 is 0 Å². The first-order valence-corrected chi connectivity index (χ1v) is 5.98. The van der Waals surface area contributed by atoms with E-state index in [1.807, 2.05) is 62.3 Å². The van der Waals surface area contributed by atoms with E-state index in [0.717, 1.165) is 0 Å². The van der Waals surface area contributed by atoms with Crippen LogP contribution in [0.25, 0.3) is 0 Å². The molecule has 17 heavy (non-hydrogen) atoms. The van der Waals surface area contributed by atoms with Gasteiger partial charge in [0.2, 0.25) is 0 Å². The Balaban J connectivity index is 0. The van der Waals surface area contributed by atoms with E-state index in [1.165, 1.54) is 0 Å². The molecule has 0 aromatic rings. The largest absolute Gasteiger partial charge is 1.00 e. The molecule has 0 N–H and O–H groups in total. The molecule has 0 aliphatic carbocycles. The summed E-state index contributed by atoms with van der Waals surface area (Å²) in [5.41, 5.74) is -0.760. The number of hydrogen-bond donors (Lipinski definition) is 0. The number of rotatable bonds is 3. The molecule has 0 atom stereocenters. The van der Waals surface area contributed by atoms with Crippen LogP contribution in [0.1, 0.15) is 62.3 Å². The summed E-state index contributed by atoms with van der Waals surface area (Å²) in [6.45, 7) is 18.0. The monoisotopic (exact) mass is 238 g/mol. The SMILES string of the molecule is CC(C)(C)O[BH-](OC(C)(C)C)OC(C)(C)C.[Li+]. The molecule has 0 spiro atoms. The maximum Gasteiger partial charge on any atom is 1.00 e. The Morgan fingerprint density at radius 3 is 0.824 bits per heavy atom. The fourth-order valence-electron chi connectivity index (χ4n) is 1.15. The zero-order valence-corrected chi connectivity index (χ0v) is 13.4. The van der Waals surface area contributed by atoms with E-state index in [4.69, 9.17) is 14.0 Å². The molecule has 0 aromatic heterocycles. The summed E-state index contributed by atoms with van der Waals surface area (Å²) in [5, 5.41) is 0. The van der Waals surface area contributed by atoms with Crippen LogP contribution in [0.15, 0.2) is 0 Å². The predicted octanol–water partition coefficient (Wildman–Crippen LogP) is 0.153. The van der Waals surface area contributed by atoms with E-state index in [1.54, 1.807) is 0 Å². The maximum atomic E-state index is 5.83. The van der Waals surface area contributed by atoms with Crippen LogP contribution < -0.4 is 18.9 Å². The van der Waals surface area contributed by atoms with Crippen molar-refractivity contribution in [1.82, 2.24) is 0 Å². The van der Waals surface area contributed by atoms with E-state index < -0.39 is 7.32 Å². The van der Waals surface area contributed by atoms with Gasteiger partial charge in [0.1, 0.15) is 0 Å². The van der Waals surface area contributed by atoms with E-state index in [0.29, 0.717) is 0 Å². The van der Waals surface area contributed by atoms with Gasteiger partial charge in [-0.3, -0.25) is 0 Å². The predicted molar refractivity (Wildman–Crippen MR) is 69.7 cm³/mol.